The molecular weight excluding hydrogens is 609 g/mol. The molecule has 5 heteroatoms. The van der Waals surface area contributed by atoms with Gasteiger partial charge in [0.05, 0.1) is 6.61 Å². The molecule has 47 heavy (non-hydrogen) atoms. The van der Waals surface area contributed by atoms with E-state index in [4.69, 9.17) is 8.85 Å². The summed E-state index contributed by atoms with van der Waals surface area (Å²) in [7, 11) is -4.75. The van der Waals surface area contributed by atoms with Crippen molar-refractivity contribution in [3.8, 4) is 0 Å². The molecule has 7 atom stereocenters. The highest BCUT2D eigenvalue weighted by atomic mass is 28.4. The van der Waals surface area contributed by atoms with Gasteiger partial charge in [-0.1, -0.05) is 148 Å². The van der Waals surface area contributed by atoms with Gasteiger partial charge >= 0.3 is 0 Å². The van der Waals surface area contributed by atoms with Crippen LogP contribution in [0.2, 0.25) is 21.7 Å². The first-order valence-corrected chi connectivity index (χ1v) is 22.9. The average molecular weight is 677 g/mol. The molecule has 2 aliphatic carbocycles. The molecule has 0 spiro atoms. The Morgan fingerprint density at radius 1 is 0.830 bits per heavy atom. The summed E-state index contributed by atoms with van der Waals surface area (Å²) in [5, 5.41) is 12.7. The lowest BCUT2D eigenvalue weighted by molar-refractivity contribution is -0.0809. The molecule has 2 aromatic carbocycles. The van der Waals surface area contributed by atoms with Gasteiger partial charge in [-0.3, -0.25) is 0 Å². The van der Waals surface area contributed by atoms with Crippen molar-refractivity contribution >= 4 is 27.0 Å². The van der Waals surface area contributed by atoms with Crippen LogP contribution in [0.1, 0.15) is 102 Å². The summed E-state index contributed by atoms with van der Waals surface area (Å²) < 4.78 is 15.5. The third kappa shape index (κ3) is 7.36. The zero-order valence-corrected chi connectivity index (χ0v) is 33.9. The highest BCUT2D eigenvalue weighted by Crippen LogP contribution is 2.56. The molecule has 2 aromatic rings. The molecule has 3 nitrogen and oxygen atoms in total. The van der Waals surface area contributed by atoms with Crippen LogP contribution in [0.4, 0.5) is 0 Å². The molecule has 0 radical (unpaired) electrons. The maximum Gasteiger partial charge on any atom is 0.261 e. The summed E-state index contributed by atoms with van der Waals surface area (Å²) >= 11 is 0. The predicted octanol–water partition coefficient (Wildman–Crippen LogP) is 10.00. The number of aliphatic hydroxyl groups excluding tert-OH is 1. The van der Waals surface area contributed by atoms with Crippen LogP contribution in [-0.2, 0) is 8.85 Å². The molecule has 0 aromatic heterocycles. The Morgan fingerprint density at radius 3 is 1.79 bits per heavy atom. The minimum Gasteiger partial charge on any atom is -0.413 e. The standard InChI is InChI=1S/C42H68O3Si2/c1-29(2)46(30(3)4,31(5)6)45-39-24-23-32(7)41-37(39)27-34(9)40(33(8)25-26-43)38(41)28-44-47(42(10,11)12,35-19-15-13-16-20-35)36-21-17-14-18-22-36/h13-22,25,29-32,34,37-41,43H,23-24,26-28H2,1-12H3/b33-25-/t32-,34-,37-,38+,39-,40?,41+/m0/s1. The third-order valence-corrected chi connectivity index (χ3v) is 23.8. The number of rotatable bonds is 12. The van der Waals surface area contributed by atoms with Gasteiger partial charge < -0.3 is 14.0 Å². The maximum atomic E-state index is 10.1. The van der Waals surface area contributed by atoms with E-state index in [-0.39, 0.29) is 11.6 Å². The fraction of sp³-hybridized carbons (Fsp3) is 0.667. The van der Waals surface area contributed by atoms with Gasteiger partial charge in [-0.05, 0) is 93.7 Å². The molecule has 2 aliphatic rings. The third-order valence-electron chi connectivity index (χ3n) is 12.7. The number of benzene rings is 2. The molecule has 262 valence electrons. The van der Waals surface area contributed by atoms with Gasteiger partial charge in [0.2, 0.25) is 8.32 Å². The molecule has 1 N–H and O–H groups in total. The molecule has 0 amide bonds. The predicted molar refractivity (Wildman–Crippen MR) is 206 cm³/mol. The quantitative estimate of drug-likeness (QED) is 0.180. The first-order chi connectivity index (χ1) is 22.1. The highest BCUT2D eigenvalue weighted by Gasteiger charge is 2.56. The van der Waals surface area contributed by atoms with Gasteiger partial charge in [-0.2, -0.15) is 0 Å². The van der Waals surface area contributed by atoms with Gasteiger partial charge in [0.1, 0.15) is 0 Å². The molecule has 0 aliphatic heterocycles. The fourth-order valence-electron chi connectivity index (χ4n) is 10.9. The smallest absolute Gasteiger partial charge is 0.261 e. The van der Waals surface area contributed by atoms with Gasteiger partial charge in [0.15, 0.2) is 0 Å². The van der Waals surface area contributed by atoms with E-state index in [1.54, 1.807) is 0 Å². The Labute approximate surface area is 291 Å². The molecule has 1 unspecified atom stereocenters. The molecule has 0 bridgehead atoms. The van der Waals surface area contributed by atoms with Crippen LogP contribution >= 0.6 is 0 Å². The summed E-state index contributed by atoms with van der Waals surface area (Å²) in [5.41, 5.74) is 3.08. The summed E-state index contributed by atoms with van der Waals surface area (Å²) in [6, 6.07) is 22.2. The molecule has 0 saturated heterocycles. The topological polar surface area (TPSA) is 38.7 Å². The molecule has 4 rings (SSSR count). The minimum atomic E-state index is -2.71. The lowest BCUT2D eigenvalue weighted by Crippen LogP contribution is -2.67. The van der Waals surface area contributed by atoms with E-state index in [0.29, 0.717) is 58.2 Å². The van der Waals surface area contributed by atoms with Crippen molar-refractivity contribution in [1.29, 1.82) is 0 Å². The summed E-state index contributed by atoms with van der Waals surface area (Å²) in [6.45, 7) is 29.8. The summed E-state index contributed by atoms with van der Waals surface area (Å²) in [6.07, 6.45) is 5.97. The van der Waals surface area contributed by atoms with Crippen LogP contribution in [-0.4, -0.2) is 41.1 Å². The van der Waals surface area contributed by atoms with Crippen LogP contribution in [0, 0.1) is 35.5 Å². The van der Waals surface area contributed by atoms with Crippen LogP contribution in [0.15, 0.2) is 72.3 Å². The van der Waals surface area contributed by atoms with E-state index >= 15 is 0 Å². The number of hydrogen-bond acceptors (Lipinski definition) is 3. The van der Waals surface area contributed by atoms with Gasteiger partial charge in [-0.15, -0.1) is 0 Å². The molecule has 2 fully saturated rings. The van der Waals surface area contributed by atoms with Crippen molar-refractivity contribution in [3.63, 3.8) is 0 Å². The van der Waals surface area contributed by atoms with Crippen molar-refractivity contribution in [1.82, 2.24) is 0 Å². The lowest BCUT2D eigenvalue weighted by Gasteiger charge is -2.57. The number of hydrogen-bond donors (Lipinski definition) is 1. The average Bonchev–Trinajstić information content (AvgIpc) is 3.00. The first kappa shape index (κ1) is 38.3. The highest BCUT2D eigenvalue weighted by molar-refractivity contribution is 6.99. The van der Waals surface area contributed by atoms with E-state index < -0.39 is 16.6 Å². The second kappa shape index (κ2) is 15.6. The Bertz CT molecular complexity index is 1220. The van der Waals surface area contributed by atoms with E-state index in [9.17, 15) is 5.11 Å². The van der Waals surface area contributed by atoms with Crippen LogP contribution in [0.25, 0.3) is 0 Å². The fourth-order valence-corrected chi connectivity index (χ4v) is 21.1. The van der Waals surface area contributed by atoms with E-state index in [1.807, 2.05) is 0 Å². The van der Waals surface area contributed by atoms with Crippen molar-refractivity contribution in [2.45, 2.75) is 130 Å². The summed E-state index contributed by atoms with van der Waals surface area (Å²) in [5.74, 6) is 2.90. The van der Waals surface area contributed by atoms with Gasteiger partial charge in [0.25, 0.3) is 8.32 Å². The maximum absolute atomic E-state index is 10.1. The van der Waals surface area contributed by atoms with Crippen molar-refractivity contribution in [2.24, 2.45) is 35.5 Å². The van der Waals surface area contributed by atoms with Gasteiger partial charge in [-0.25, -0.2) is 0 Å². The summed E-state index contributed by atoms with van der Waals surface area (Å²) in [4.78, 5) is 0. The molecular formula is C42H68O3Si2. The Hall–Kier alpha value is -1.51. The lowest BCUT2D eigenvalue weighted by atomic mass is 9.53. The normalized spacial score (nSPS) is 27.8. The zero-order chi connectivity index (χ0) is 34.7. The van der Waals surface area contributed by atoms with Crippen LogP contribution in [0.5, 0.6) is 0 Å². The number of fused-ring (bicyclic) bond motifs is 1. The number of allylic oxidation sites excluding steroid dienone is 1. The monoisotopic (exact) mass is 676 g/mol. The van der Waals surface area contributed by atoms with E-state index in [0.717, 1.165) is 6.61 Å². The first-order valence-electron chi connectivity index (χ1n) is 18.8. The van der Waals surface area contributed by atoms with Crippen LogP contribution < -0.4 is 10.4 Å². The van der Waals surface area contributed by atoms with E-state index in [1.165, 1.54) is 35.2 Å². The SMILES string of the molecule is C/C(=C/CO)C1[C@@H](CO[Si](c2ccccc2)(c2ccccc2)C(C)(C)C)[C@H]2[C@@H](C[C@@H]1C)[C@@H](O[Si](C(C)C)(C(C)C)C(C)C)CC[C@@H]2C. The zero-order valence-electron chi connectivity index (χ0n) is 31.9. The molecule has 0 heterocycles. The Morgan fingerprint density at radius 2 is 1.34 bits per heavy atom. The van der Waals surface area contributed by atoms with Gasteiger partial charge in [0, 0.05) is 12.7 Å². The second-order valence-corrected chi connectivity index (χ2v) is 27.0. The number of aliphatic hydroxyl groups is 1. The second-order valence-electron chi connectivity index (χ2n) is 17.3. The molecule has 2 saturated carbocycles. The van der Waals surface area contributed by atoms with Crippen LogP contribution in [0.3, 0.4) is 0 Å². The van der Waals surface area contributed by atoms with Crippen molar-refractivity contribution in [2.75, 3.05) is 13.2 Å². The Kier molecular flexibility index (Phi) is 12.7. The largest absolute Gasteiger partial charge is 0.413 e. The van der Waals surface area contributed by atoms with E-state index in [2.05, 4.69) is 150 Å². The van der Waals surface area contributed by atoms with Crippen molar-refractivity contribution < 1.29 is 14.0 Å². The van der Waals surface area contributed by atoms with Crippen molar-refractivity contribution in [3.05, 3.63) is 72.3 Å². The minimum absolute atomic E-state index is 0.0678. The Balaban J connectivity index is 1.83.